The molecule has 0 saturated heterocycles. The summed E-state index contributed by atoms with van der Waals surface area (Å²) in [6.07, 6.45) is 4.30. The van der Waals surface area contributed by atoms with Crippen LogP contribution < -0.4 is 10.6 Å². The Morgan fingerprint density at radius 3 is 2.79 bits per heavy atom. The van der Waals surface area contributed by atoms with Crippen molar-refractivity contribution in [1.82, 2.24) is 15.1 Å². The summed E-state index contributed by atoms with van der Waals surface area (Å²) in [6, 6.07) is 1.61. The van der Waals surface area contributed by atoms with E-state index < -0.39 is 11.8 Å². The normalized spacial score (nSPS) is 19.0. The van der Waals surface area contributed by atoms with Crippen molar-refractivity contribution in [2.75, 3.05) is 11.9 Å². The molecule has 0 bridgehead atoms. The van der Waals surface area contributed by atoms with Gasteiger partial charge in [0.2, 0.25) is 0 Å². The van der Waals surface area contributed by atoms with Gasteiger partial charge in [-0.15, -0.1) is 0 Å². The van der Waals surface area contributed by atoms with Crippen LogP contribution in [0.5, 0.6) is 0 Å². The number of anilines is 1. The number of nitrogens with one attached hydrogen (secondary N) is 2. The molecule has 2 aliphatic rings. The van der Waals surface area contributed by atoms with Crippen LogP contribution in [0.1, 0.15) is 51.6 Å². The molecule has 2 N–H and O–H groups in total. The molecule has 0 radical (unpaired) electrons. The van der Waals surface area contributed by atoms with E-state index in [1.54, 1.807) is 13.0 Å². The van der Waals surface area contributed by atoms with Gasteiger partial charge in [-0.3, -0.25) is 14.4 Å². The number of nitrogens with zero attached hydrogens (tertiary/aromatic N) is 4. The molecular weight excluding hydrogens is 360 g/mol. The van der Waals surface area contributed by atoms with Crippen molar-refractivity contribution in [1.29, 1.82) is 0 Å². The number of hydrogen-bond donors (Lipinski definition) is 2. The van der Waals surface area contributed by atoms with Gasteiger partial charge in [0.25, 0.3) is 11.9 Å². The molecule has 0 aromatic carbocycles. The van der Waals surface area contributed by atoms with Gasteiger partial charge in [-0.1, -0.05) is 20.3 Å². The molecule has 2 heterocycles. The first-order valence-electron chi connectivity index (χ1n) is 9.71. The lowest BCUT2D eigenvalue weighted by Gasteiger charge is -2.24. The van der Waals surface area contributed by atoms with Gasteiger partial charge in [0.05, 0.1) is 11.6 Å². The van der Waals surface area contributed by atoms with E-state index in [0.717, 1.165) is 37.8 Å². The van der Waals surface area contributed by atoms with Crippen molar-refractivity contribution in [3.8, 4) is 0 Å². The third-order valence-electron chi connectivity index (χ3n) is 4.81. The van der Waals surface area contributed by atoms with Crippen LogP contribution in [-0.2, 0) is 14.4 Å². The standard InChI is InChI=1S/C19H26N6O3/c1-11(2)8-9-20-17(27)18(28)22-15-10-12(3)24-25(15)19-21-14-7-5-4-6-13(14)16(26)23-19/h10-11,13H,4-9H2,1-3H3,(H,20,27)(H,22,28). The average Bonchev–Trinajstić information content (AvgIpc) is 3.01. The zero-order valence-electron chi connectivity index (χ0n) is 16.5. The fraction of sp³-hybridized carbons (Fsp3) is 0.579. The first kappa shape index (κ1) is 19.9. The Morgan fingerprint density at radius 2 is 2.04 bits per heavy atom. The summed E-state index contributed by atoms with van der Waals surface area (Å²) in [5, 5.41) is 9.42. The first-order valence-corrected chi connectivity index (χ1v) is 9.71. The number of fused-ring (bicyclic) bond motifs is 1. The van der Waals surface area contributed by atoms with E-state index in [2.05, 4.69) is 25.7 Å². The predicted octanol–water partition coefficient (Wildman–Crippen LogP) is 1.67. The number of hydrogen-bond acceptors (Lipinski definition) is 5. The minimum absolute atomic E-state index is 0.127. The SMILES string of the molecule is Cc1cc(NC(=O)C(=O)NCCC(C)C)n(C2=NC(=O)C3CCCCC3=N2)n1. The molecule has 1 aliphatic carbocycles. The Morgan fingerprint density at radius 1 is 1.25 bits per heavy atom. The number of aryl methyl sites for hydroxylation is 1. The van der Waals surface area contributed by atoms with Gasteiger partial charge >= 0.3 is 11.8 Å². The minimum atomic E-state index is -0.796. The fourth-order valence-electron chi connectivity index (χ4n) is 3.29. The van der Waals surface area contributed by atoms with Crippen molar-refractivity contribution in [3.63, 3.8) is 0 Å². The molecule has 9 nitrogen and oxygen atoms in total. The van der Waals surface area contributed by atoms with E-state index in [4.69, 9.17) is 0 Å². The van der Waals surface area contributed by atoms with Gasteiger partial charge in [-0.25, -0.2) is 4.99 Å². The molecule has 1 aromatic heterocycles. The van der Waals surface area contributed by atoms with E-state index in [9.17, 15) is 14.4 Å². The van der Waals surface area contributed by atoms with E-state index in [1.807, 2.05) is 13.8 Å². The highest BCUT2D eigenvalue weighted by molar-refractivity contribution is 6.39. The predicted molar refractivity (Wildman–Crippen MR) is 105 cm³/mol. The van der Waals surface area contributed by atoms with Crippen LogP contribution in [0.4, 0.5) is 5.82 Å². The smallest absolute Gasteiger partial charge is 0.314 e. The molecule has 3 rings (SSSR count). The second-order valence-corrected chi connectivity index (χ2v) is 7.63. The molecule has 3 amide bonds. The third-order valence-corrected chi connectivity index (χ3v) is 4.81. The Hall–Kier alpha value is -2.84. The van der Waals surface area contributed by atoms with E-state index in [0.29, 0.717) is 18.2 Å². The maximum Gasteiger partial charge on any atom is 0.314 e. The highest BCUT2D eigenvalue weighted by Crippen LogP contribution is 2.26. The highest BCUT2D eigenvalue weighted by Gasteiger charge is 2.32. The molecule has 1 atom stereocenters. The number of aromatic nitrogens is 2. The maximum absolute atomic E-state index is 12.4. The average molecular weight is 386 g/mol. The second-order valence-electron chi connectivity index (χ2n) is 7.63. The quantitative estimate of drug-likeness (QED) is 0.765. The monoisotopic (exact) mass is 386 g/mol. The number of carbonyl (C=O) groups is 3. The maximum atomic E-state index is 12.4. The second kappa shape index (κ2) is 8.45. The lowest BCUT2D eigenvalue weighted by atomic mass is 9.86. The molecular formula is C19H26N6O3. The zero-order valence-corrected chi connectivity index (χ0v) is 16.5. The highest BCUT2D eigenvalue weighted by atomic mass is 16.2. The fourth-order valence-corrected chi connectivity index (χ4v) is 3.29. The molecule has 9 heteroatoms. The first-order chi connectivity index (χ1) is 13.3. The van der Waals surface area contributed by atoms with Crippen molar-refractivity contribution < 1.29 is 14.4 Å². The molecule has 150 valence electrons. The Balaban J connectivity index is 1.75. The van der Waals surface area contributed by atoms with Crippen LogP contribution in [0.3, 0.4) is 0 Å². The van der Waals surface area contributed by atoms with Gasteiger partial charge in [-0.2, -0.15) is 14.8 Å². The number of rotatable bonds is 4. The number of aliphatic imine (C=N–C) groups is 2. The van der Waals surface area contributed by atoms with Gasteiger partial charge < -0.3 is 10.6 Å². The molecule has 1 fully saturated rings. The minimum Gasteiger partial charge on any atom is -0.348 e. The lowest BCUT2D eigenvalue weighted by molar-refractivity contribution is -0.136. The van der Waals surface area contributed by atoms with Crippen LogP contribution >= 0.6 is 0 Å². The van der Waals surface area contributed by atoms with E-state index >= 15 is 0 Å². The zero-order chi connectivity index (χ0) is 20.3. The van der Waals surface area contributed by atoms with Crippen LogP contribution in [0, 0.1) is 18.8 Å². The van der Waals surface area contributed by atoms with Crippen LogP contribution in [0.2, 0.25) is 0 Å². The summed E-state index contributed by atoms with van der Waals surface area (Å²) in [6.45, 7) is 6.26. The number of carbonyl (C=O) groups excluding carboxylic acids is 3. The van der Waals surface area contributed by atoms with Gasteiger partial charge in [0.1, 0.15) is 5.82 Å². The molecule has 1 aliphatic heterocycles. The molecule has 1 saturated carbocycles. The lowest BCUT2D eigenvalue weighted by Crippen LogP contribution is -2.37. The van der Waals surface area contributed by atoms with Crippen LogP contribution in [0.15, 0.2) is 16.1 Å². The summed E-state index contributed by atoms with van der Waals surface area (Å²) in [5.74, 6) is -1.16. The van der Waals surface area contributed by atoms with Gasteiger partial charge in [0.15, 0.2) is 0 Å². The molecule has 28 heavy (non-hydrogen) atoms. The van der Waals surface area contributed by atoms with E-state index in [-0.39, 0.29) is 23.6 Å². The van der Waals surface area contributed by atoms with E-state index in [1.165, 1.54) is 4.68 Å². The molecule has 1 unspecified atom stereocenters. The summed E-state index contributed by atoms with van der Waals surface area (Å²) in [7, 11) is 0. The number of amides is 3. The third kappa shape index (κ3) is 4.52. The van der Waals surface area contributed by atoms with Gasteiger partial charge in [0, 0.05) is 18.3 Å². The van der Waals surface area contributed by atoms with Crippen molar-refractivity contribution in [2.45, 2.75) is 52.9 Å². The van der Waals surface area contributed by atoms with Crippen LogP contribution in [0.25, 0.3) is 0 Å². The molecule has 1 aromatic rings. The largest absolute Gasteiger partial charge is 0.348 e. The van der Waals surface area contributed by atoms with Crippen molar-refractivity contribution in [3.05, 3.63) is 11.8 Å². The van der Waals surface area contributed by atoms with Crippen LogP contribution in [-0.4, -0.2) is 45.7 Å². The summed E-state index contributed by atoms with van der Waals surface area (Å²) < 4.78 is 1.31. The Bertz CT molecular complexity index is 852. The van der Waals surface area contributed by atoms with Gasteiger partial charge in [-0.05, 0) is 38.5 Å². The summed E-state index contributed by atoms with van der Waals surface area (Å²) >= 11 is 0. The summed E-state index contributed by atoms with van der Waals surface area (Å²) in [5.41, 5.74) is 1.43. The Kier molecular flexibility index (Phi) is 6.01. The molecule has 0 spiro atoms. The van der Waals surface area contributed by atoms with Crippen molar-refractivity contribution >= 4 is 35.2 Å². The Labute approximate surface area is 163 Å². The summed E-state index contributed by atoms with van der Waals surface area (Å²) in [4.78, 5) is 45.2. The van der Waals surface area contributed by atoms with Crippen molar-refractivity contribution in [2.24, 2.45) is 21.8 Å². The topological polar surface area (TPSA) is 118 Å².